The fourth-order valence-corrected chi connectivity index (χ4v) is 3.62. The number of hydrogen-bond acceptors (Lipinski definition) is 5. The summed E-state index contributed by atoms with van der Waals surface area (Å²) in [5.74, 6) is -0.0995. The van der Waals surface area contributed by atoms with Crippen LogP contribution in [0.15, 0.2) is 63.1 Å². The van der Waals surface area contributed by atoms with Crippen LogP contribution in [0.1, 0.15) is 11.1 Å². The lowest BCUT2D eigenvalue weighted by molar-refractivity contribution is -0.553. The second kappa shape index (κ2) is 8.38. The minimum absolute atomic E-state index is 0.274. The molecule has 1 unspecified atom stereocenters. The van der Waals surface area contributed by atoms with E-state index >= 15 is 0 Å². The topological polar surface area (TPSA) is 80.4 Å². The molecule has 0 spiro atoms. The van der Waals surface area contributed by atoms with Gasteiger partial charge in [-0.2, -0.15) is 5.43 Å². The number of nitrogens with one attached hydrogen (secondary N) is 1. The Bertz CT molecular complexity index is 1130. The molecule has 2 aromatic rings. The van der Waals surface area contributed by atoms with E-state index in [9.17, 15) is 14.0 Å². The van der Waals surface area contributed by atoms with Crippen molar-refractivity contribution in [2.75, 3.05) is 14.1 Å². The number of fused-ring (bicyclic) bond motifs is 1. The quantitative estimate of drug-likeness (QED) is 0.410. The number of amides is 3. The molecule has 4 rings (SSSR count). The Morgan fingerprint density at radius 2 is 1.81 bits per heavy atom. The molecule has 1 fully saturated rings. The number of carbonyl (C=O) groups is 2. The summed E-state index contributed by atoms with van der Waals surface area (Å²) in [6, 6.07) is 12.3. The lowest BCUT2D eigenvalue weighted by atomic mass is 10.1. The predicted octanol–water partition coefficient (Wildman–Crippen LogP) is 2.38. The first-order valence-corrected chi connectivity index (χ1v) is 10.2. The Morgan fingerprint density at radius 1 is 1.13 bits per heavy atom. The van der Waals surface area contributed by atoms with Crippen molar-refractivity contribution in [2.24, 2.45) is 10.1 Å². The average Bonchev–Trinajstić information content (AvgIpc) is 3.12. The molecule has 10 heteroatoms. The monoisotopic (exact) mass is 485 g/mol. The highest BCUT2D eigenvalue weighted by Gasteiger charge is 2.51. The van der Waals surface area contributed by atoms with Gasteiger partial charge in [-0.25, -0.2) is 13.8 Å². The van der Waals surface area contributed by atoms with Gasteiger partial charge in [0.25, 0.3) is 5.91 Å². The number of benzene rings is 2. The molecule has 31 heavy (non-hydrogen) atoms. The summed E-state index contributed by atoms with van der Waals surface area (Å²) in [7, 11) is 3.01. The molecule has 0 radical (unpaired) electrons. The van der Waals surface area contributed by atoms with Crippen LogP contribution in [0.4, 0.5) is 9.18 Å². The van der Waals surface area contributed by atoms with Crippen molar-refractivity contribution in [1.29, 1.82) is 0 Å². The highest BCUT2D eigenvalue weighted by Crippen LogP contribution is 2.20. The number of halogens is 2. The zero-order valence-electron chi connectivity index (χ0n) is 16.8. The van der Waals surface area contributed by atoms with Gasteiger partial charge in [-0.3, -0.25) is 14.6 Å². The lowest BCUT2D eigenvalue weighted by Gasteiger charge is -2.31. The normalized spacial score (nSPS) is 18.7. The van der Waals surface area contributed by atoms with Crippen LogP contribution in [0.25, 0.3) is 0 Å². The van der Waals surface area contributed by atoms with Gasteiger partial charge < -0.3 is 0 Å². The van der Waals surface area contributed by atoms with Crippen molar-refractivity contribution in [2.45, 2.75) is 12.6 Å². The van der Waals surface area contributed by atoms with Gasteiger partial charge in [0.2, 0.25) is 11.9 Å². The first-order valence-electron chi connectivity index (χ1n) is 9.41. The summed E-state index contributed by atoms with van der Waals surface area (Å²) in [4.78, 5) is 32.1. The Morgan fingerprint density at radius 3 is 2.48 bits per heavy atom. The summed E-state index contributed by atoms with van der Waals surface area (Å²) in [6.45, 7) is 0.274. The van der Waals surface area contributed by atoms with Crippen LogP contribution in [0.5, 0.6) is 0 Å². The van der Waals surface area contributed by atoms with Gasteiger partial charge in [-0.15, -0.1) is 5.10 Å². The van der Waals surface area contributed by atoms with Crippen LogP contribution < -0.4 is 5.43 Å². The van der Waals surface area contributed by atoms with Crippen molar-refractivity contribution >= 4 is 45.9 Å². The van der Waals surface area contributed by atoms with Gasteiger partial charge in [0.05, 0.1) is 12.8 Å². The highest BCUT2D eigenvalue weighted by atomic mass is 79.9. The van der Waals surface area contributed by atoms with Crippen LogP contribution in [0.2, 0.25) is 0 Å². The fourth-order valence-electron chi connectivity index (χ4n) is 3.35. The smallest absolute Gasteiger partial charge is 0.270 e. The first kappa shape index (κ1) is 20.9. The summed E-state index contributed by atoms with van der Waals surface area (Å²) < 4.78 is 16.0. The van der Waals surface area contributed by atoms with Crippen LogP contribution in [-0.2, 0) is 11.3 Å². The van der Waals surface area contributed by atoms with Gasteiger partial charge >= 0.3 is 12.0 Å². The molecule has 2 aliphatic rings. The summed E-state index contributed by atoms with van der Waals surface area (Å²) >= 11 is 3.39. The van der Waals surface area contributed by atoms with Gasteiger partial charge in [0.15, 0.2) is 0 Å². The number of rotatable bonds is 4. The number of carbonyl (C=O) groups excluding carboxylic acids is 2. The molecule has 0 saturated carbocycles. The Labute approximate surface area is 186 Å². The molecular weight excluding hydrogens is 467 g/mol. The molecule has 1 atom stereocenters. The second-order valence-electron chi connectivity index (χ2n) is 7.11. The van der Waals surface area contributed by atoms with E-state index in [0.717, 1.165) is 20.5 Å². The zero-order valence-corrected chi connectivity index (χ0v) is 18.4. The van der Waals surface area contributed by atoms with E-state index in [-0.39, 0.29) is 12.4 Å². The number of likely N-dealkylation sites (N-methyl/N-ethyl adjacent to an activating group) is 2. The number of imide groups is 1. The largest absolute Gasteiger partial charge is 0.414 e. The van der Waals surface area contributed by atoms with Crippen molar-refractivity contribution in [3.05, 3.63) is 69.9 Å². The van der Waals surface area contributed by atoms with E-state index in [0.29, 0.717) is 11.8 Å². The van der Waals surface area contributed by atoms with Gasteiger partial charge in [0.1, 0.15) is 5.82 Å². The molecule has 0 bridgehead atoms. The summed E-state index contributed by atoms with van der Waals surface area (Å²) in [5, 5.41) is 4.24. The minimum atomic E-state index is -0.789. The number of hydrazone groups is 1. The van der Waals surface area contributed by atoms with E-state index in [2.05, 4.69) is 31.4 Å². The molecule has 1 N–H and O–H groups in total. The van der Waals surface area contributed by atoms with E-state index in [1.54, 1.807) is 30.0 Å². The van der Waals surface area contributed by atoms with Crippen LogP contribution in [-0.4, -0.2) is 64.5 Å². The molecule has 158 valence electrons. The third-order valence-electron chi connectivity index (χ3n) is 5.05. The maximum Gasteiger partial charge on any atom is 0.414 e. The molecule has 2 aliphatic heterocycles. The highest BCUT2D eigenvalue weighted by molar-refractivity contribution is 9.10. The number of urea groups is 1. The van der Waals surface area contributed by atoms with Crippen LogP contribution >= 0.6 is 15.9 Å². The fraction of sp³-hybridized carbons (Fsp3) is 0.190. The maximum absolute atomic E-state index is 13.3. The van der Waals surface area contributed by atoms with E-state index in [1.807, 2.05) is 24.3 Å². The van der Waals surface area contributed by atoms with Crippen molar-refractivity contribution < 1.29 is 18.6 Å². The summed E-state index contributed by atoms with van der Waals surface area (Å²) in [6.07, 6.45) is 1.63. The number of nitrogens with zero attached hydrogens (tertiary/aromatic N) is 5. The van der Waals surface area contributed by atoms with Crippen molar-refractivity contribution in [3.8, 4) is 0 Å². The van der Waals surface area contributed by atoms with Crippen molar-refractivity contribution in [3.63, 3.8) is 0 Å². The number of aliphatic imine (C=N–C) groups is 1. The van der Waals surface area contributed by atoms with Crippen LogP contribution in [0.3, 0.4) is 0 Å². The Balaban J connectivity index is 1.67. The average molecular weight is 486 g/mol. The first-order chi connectivity index (χ1) is 14.8. The van der Waals surface area contributed by atoms with E-state index < -0.39 is 18.0 Å². The SMILES string of the molecule is CN1C(=O)C2C(=NC(N/N=C\c3ccc(Br)cc3)=[N+]2Cc2ccc(F)cc2)N(C)C1=O. The Kier molecular flexibility index (Phi) is 5.64. The number of guanidine groups is 1. The molecule has 8 nitrogen and oxygen atoms in total. The molecule has 0 aliphatic carbocycles. The van der Waals surface area contributed by atoms with Crippen molar-refractivity contribution in [1.82, 2.24) is 15.2 Å². The number of amidine groups is 1. The molecule has 2 heterocycles. The molecule has 1 saturated heterocycles. The van der Waals surface area contributed by atoms with Gasteiger partial charge in [-0.05, 0) is 35.4 Å². The third-order valence-corrected chi connectivity index (χ3v) is 5.57. The lowest BCUT2D eigenvalue weighted by Crippen LogP contribution is -2.61. The van der Waals surface area contributed by atoms with E-state index in [1.165, 1.54) is 24.1 Å². The minimum Gasteiger partial charge on any atom is -0.270 e. The van der Waals surface area contributed by atoms with E-state index in [4.69, 9.17) is 0 Å². The molecule has 2 aromatic carbocycles. The standard InChI is InChI=1S/C21H18BrFN6O2/c1-27-18-17(19(30)28(2)21(27)31)29(12-14-5-9-16(23)10-6-14)20(25-18)26-24-11-13-3-7-15(22)8-4-13/h3-11,17H,12H2,1-2H3/p+1/b24-11-. The summed E-state index contributed by atoms with van der Waals surface area (Å²) in [5.41, 5.74) is 4.53. The zero-order chi connectivity index (χ0) is 22.1. The Hall–Kier alpha value is -3.40. The predicted molar refractivity (Wildman–Crippen MR) is 117 cm³/mol. The number of hydrogen-bond donors (Lipinski definition) is 1. The third kappa shape index (κ3) is 4.11. The van der Waals surface area contributed by atoms with Gasteiger partial charge in [-0.1, -0.05) is 45.2 Å². The molecule has 3 amide bonds. The second-order valence-corrected chi connectivity index (χ2v) is 8.03. The molecular formula is C21H19BrFN6O2+. The van der Waals surface area contributed by atoms with Crippen LogP contribution in [0, 0.1) is 5.82 Å². The molecule has 0 aromatic heterocycles. The maximum atomic E-state index is 13.3. The van der Waals surface area contributed by atoms with Gasteiger partial charge in [0, 0.05) is 18.6 Å².